The molecule has 2 aromatic carbocycles. The number of nitrogens with zero attached hydrogens (tertiary/aromatic N) is 2. The Bertz CT molecular complexity index is 1340. The number of benzene rings is 2. The summed E-state index contributed by atoms with van der Waals surface area (Å²) in [6.45, 7) is 5.27. The molecule has 0 saturated carbocycles. The molecule has 9 nitrogen and oxygen atoms in total. The zero-order valence-corrected chi connectivity index (χ0v) is 20.6. The Kier molecular flexibility index (Phi) is 7.52. The third-order valence-electron chi connectivity index (χ3n) is 4.60. The van der Waals surface area contributed by atoms with E-state index >= 15 is 0 Å². The van der Waals surface area contributed by atoms with E-state index in [2.05, 4.69) is 25.3 Å². The van der Waals surface area contributed by atoms with E-state index in [1.807, 2.05) is 0 Å². The normalized spacial score (nSPS) is 10.9. The Balaban J connectivity index is 1.68. The lowest BCUT2D eigenvalue weighted by Gasteiger charge is -2.14. The highest BCUT2D eigenvalue weighted by Crippen LogP contribution is 2.22. The molecule has 3 aromatic rings. The van der Waals surface area contributed by atoms with Crippen LogP contribution >= 0.6 is 12.2 Å². The van der Waals surface area contributed by atoms with E-state index in [4.69, 9.17) is 24.8 Å². The number of carbonyl (C=O) groups is 1. The van der Waals surface area contributed by atoms with Gasteiger partial charge in [0.05, 0.1) is 17.6 Å². The van der Waals surface area contributed by atoms with E-state index in [-0.39, 0.29) is 21.5 Å². The fraction of sp³-hybridized carbons (Fsp3) is 0.182. The van der Waals surface area contributed by atoms with Crippen molar-refractivity contribution in [2.24, 2.45) is 0 Å². The van der Waals surface area contributed by atoms with E-state index in [1.165, 1.54) is 37.4 Å². The minimum Gasteiger partial charge on any atom is -0.496 e. The smallest absolute Gasteiger partial charge is 0.264 e. The fourth-order valence-corrected chi connectivity index (χ4v) is 4.40. The van der Waals surface area contributed by atoms with Crippen LogP contribution in [0.3, 0.4) is 0 Å². The Morgan fingerprint density at radius 3 is 2.24 bits per heavy atom. The summed E-state index contributed by atoms with van der Waals surface area (Å²) in [6, 6.07) is 10.7. The number of methoxy groups -OCH3 is 1. The number of aryl methyl sites for hydroxylation is 3. The van der Waals surface area contributed by atoms with Crippen molar-refractivity contribution in [1.82, 2.24) is 15.3 Å². The maximum absolute atomic E-state index is 12.7. The molecule has 3 rings (SSSR count). The summed E-state index contributed by atoms with van der Waals surface area (Å²) < 4.78 is 33.0. The summed E-state index contributed by atoms with van der Waals surface area (Å²) in [6.07, 6.45) is 0. The first kappa shape index (κ1) is 25.1. The van der Waals surface area contributed by atoms with E-state index in [0.29, 0.717) is 33.9 Å². The van der Waals surface area contributed by atoms with Gasteiger partial charge in [-0.3, -0.25) is 10.1 Å². The number of anilines is 2. The van der Waals surface area contributed by atoms with Crippen molar-refractivity contribution < 1.29 is 17.9 Å². The number of carbonyl (C=O) groups excluding carboxylic acids is 1. The number of thiocarbonyl (C=S) groups is 1. The lowest BCUT2D eigenvalue weighted by molar-refractivity contribution is 0.0974. The lowest BCUT2D eigenvalue weighted by Crippen LogP contribution is -2.34. The second kappa shape index (κ2) is 10.2. The van der Waals surface area contributed by atoms with Gasteiger partial charge in [0.15, 0.2) is 5.11 Å². The molecule has 0 unspecified atom stereocenters. The summed E-state index contributed by atoms with van der Waals surface area (Å²) in [5, 5.41) is 5.42. The van der Waals surface area contributed by atoms with Crippen LogP contribution in [0.1, 0.15) is 27.3 Å². The molecule has 0 fully saturated rings. The van der Waals surface area contributed by atoms with Crippen LogP contribution in [0.15, 0.2) is 47.4 Å². The molecule has 0 spiro atoms. The van der Waals surface area contributed by atoms with Gasteiger partial charge < -0.3 is 10.1 Å². The first-order valence-electron chi connectivity index (χ1n) is 10.00. The van der Waals surface area contributed by atoms with Crippen molar-refractivity contribution in [2.45, 2.75) is 25.7 Å². The van der Waals surface area contributed by atoms with Gasteiger partial charge in [-0.2, -0.15) is 0 Å². The second-order valence-electron chi connectivity index (χ2n) is 7.43. The molecule has 2 radical (unpaired) electrons. The van der Waals surface area contributed by atoms with Crippen molar-refractivity contribution in [3.8, 4) is 5.75 Å². The molecule has 0 aliphatic rings. The molecule has 174 valence electrons. The minimum absolute atomic E-state index is 0.00388. The molecular formula is C22H22BN5O4S2. The molecule has 1 heterocycles. The summed E-state index contributed by atoms with van der Waals surface area (Å²) >= 11 is 5.21. The highest BCUT2D eigenvalue weighted by molar-refractivity contribution is 7.92. The van der Waals surface area contributed by atoms with Crippen LogP contribution in [0.4, 0.5) is 11.6 Å². The van der Waals surface area contributed by atoms with Gasteiger partial charge >= 0.3 is 0 Å². The van der Waals surface area contributed by atoms with Gasteiger partial charge in [-0.15, -0.1) is 0 Å². The maximum atomic E-state index is 12.7. The standard InChI is InChI=1S/C22H22BN5O4S2/c1-12-9-15(23)11-18(19(12)32-4)20(29)27-22(33)26-16-5-7-17(8-6-16)34(30,31)28-21-24-13(2)10-14(3)25-21/h5-11H,1-4H3,(H,24,25,28)(H2,26,27,29,33). The summed E-state index contributed by atoms with van der Waals surface area (Å²) in [5.41, 5.74) is 3.13. The lowest BCUT2D eigenvalue weighted by atomic mass is 9.91. The third-order valence-corrected chi connectivity index (χ3v) is 6.15. The molecule has 0 aliphatic heterocycles. The highest BCUT2D eigenvalue weighted by Gasteiger charge is 2.18. The van der Waals surface area contributed by atoms with Crippen LogP contribution in [0.5, 0.6) is 5.75 Å². The molecule has 0 atom stereocenters. The van der Waals surface area contributed by atoms with Crippen LogP contribution in [-0.2, 0) is 10.0 Å². The number of sulfonamides is 1. The summed E-state index contributed by atoms with van der Waals surface area (Å²) in [4.78, 5) is 20.9. The minimum atomic E-state index is -3.89. The van der Waals surface area contributed by atoms with Gasteiger partial charge in [0.1, 0.15) is 13.6 Å². The largest absolute Gasteiger partial charge is 0.496 e. The number of hydrogen-bond donors (Lipinski definition) is 3. The quantitative estimate of drug-likeness (QED) is 0.351. The molecule has 0 bridgehead atoms. The maximum Gasteiger partial charge on any atom is 0.264 e. The number of rotatable bonds is 6. The van der Waals surface area contributed by atoms with Gasteiger partial charge in [-0.05, 0) is 68.9 Å². The first-order valence-corrected chi connectivity index (χ1v) is 11.9. The second-order valence-corrected chi connectivity index (χ2v) is 9.52. The highest BCUT2D eigenvalue weighted by atomic mass is 32.2. The Hall–Kier alpha value is -3.51. The van der Waals surface area contributed by atoms with Crippen molar-refractivity contribution in [3.05, 3.63) is 65.0 Å². The third kappa shape index (κ3) is 6.09. The molecule has 1 aromatic heterocycles. The van der Waals surface area contributed by atoms with E-state index in [0.717, 1.165) is 0 Å². The Morgan fingerprint density at radius 2 is 1.65 bits per heavy atom. The van der Waals surface area contributed by atoms with Gasteiger partial charge in [-0.1, -0.05) is 17.6 Å². The average Bonchev–Trinajstić information content (AvgIpc) is 2.72. The number of nitrogens with one attached hydrogen (secondary N) is 3. The number of hydrogen-bond acceptors (Lipinski definition) is 7. The SMILES string of the molecule is [B]c1cc(C)c(OC)c(C(=O)NC(=S)Nc2ccc(S(=O)(=O)Nc3nc(C)cc(C)n3)cc2)c1. The van der Waals surface area contributed by atoms with Crippen molar-refractivity contribution >= 4 is 58.2 Å². The number of aromatic nitrogens is 2. The van der Waals surface area contributed by atoms with Crippen LogP contribution in [0.2, 0.25) is 0 Å². The average molecular weight is 495 g/mol. The first-order chi connectivity index (χ1) is 16.0. The van der Waals surface area contributed by atoms with Crippen molar-refractivity contribution in [3.63, 3.8) is 0 Å². The van der Waals surface area contributed by atoms with Crippen LogP contribution in [0, 0.1) is 20.8 Å². The van der Waals surface area contributed by atoms with Crippen molar-refractivity contribution in [1.29, 1.82) is 0 Å². The Labute approximate surface area is 204 Å². The van der Waals surface area contributed by atoms with Crippen LogP contribution < -0.4 is 25.6 Å². The molecule has 0 aliphatic carbocycles. The molecule has 12 heteroatoms. The van der Waals surface area contributed by atoms with E-state index in [9.17, 15) is 13.2 Å². The van der Waals surface area contributed by atoms with Gasteiger partial charge in [0, 0.05) is 17.1 Å². The molecule has 0 saturated heterocycles. The monoisotopic (exact) mass is 495 g/mol. The molecular weight excluding hydrogens is 473 g/mol. The van der Waals surface area contributed by atoms with Crippen LogP contribution in [-0.4, -0.2) is 44.4 Å². The Morgan fingerprint density at radius 1 is 1.03 bits per heavy atom. The van der Waals surface area contributed by atoms with E-state index in [1.54, 1.807) is 32.9 Å². The summed E-state index contributed by atoms with van der Waals surface area (Å²) in [7, 11) is 3.41. The van der Waals surface area contributed by atoms with Gasteiger partial charge in [0.2, 0.25) is 5.95 Å². The molecule has 3 N–H and O–H groups in total. The van der Waals surface area contributed by atoms with E-state index < -0.39 is 15.9 Å². The summed E-state index contributed by atoms with van der Waals surface area (Å²) in [5.74, 6) is -0.109. The van der Waals surface area contributed by atoms with Gasteiger partial charge in [0.25, 0.3) is 15.9 Å². The zero-order chi connectivity index (χ0) is 25.0. The van der Waals surface area contributed by atoms with Crippen molar-refractivity contribution in [2.75, 3.05) is 17.1 Å². The molecule has 1 amide bonds. The van der Waals surface area contributed by atoms with Crippen LogP contribution in [0.25, 0.3) is 0 Å². The van der Waals surface area contributed by atoms with Gasteiger partial charge in [-0.25, -0.2) is 23.1 Å². The predicted molar refractivity (Wildman–Crippen MR) is 136 cm³/mol. The zero-order valence-electron chi connectivity index (χ0n) is 19.0. The topological polar surface area (TPSA) is 122 Å². The predicted octanol–water partition coefficient (Wildman–Crippen LogP) is 2.13. The fourth-order valence-electron chi connectivity index (χ4n) is 3.24. The molecule has 34 heavy (non-hydrogen) atoms. The number of amides is 1. The number of ether oxygens (including phenoxy) is 1.